The summed E-state index contributed by atoms with van der Waals surface area (Å²) < 4.78 is 4.81. The molecule has 0 N–H and O–H groups in total. The lowest BCUT2D eigenvalue weighted by atomic mass is 10.0. The van der Waals surface area contributed by atoms with Crippen molar-refractivity contribution in [1.82, 2.24) is 0 Å². The molecule has 0 aliphatic rings. The first-order chi connectivity index (χ1) is 11.5. The molecule has 4 nitrogen and oxygen atoms in total. The standard InChI is InChI=1S/C20H17NO3/c1-3-24-20(23)18(13-21)12-15-6-10-17(11-7-15)19(22)16-8-4-14(2)5-9-16/h4-12H,3H2,1-2H3/b18-12-. The number of hydrogen-bond donors (Lipinski definition) is 0. The van der Waals surface area contributed by atoms with E-state index < -0.39 is 5.97 Å². The van der Waals surface area contributed by atoms with E-state index in [0.717, 1.165) is 5.56 Å². The van der Waals surface area contributed by atoms with Crippen LogP contribution in [0.5, 0.6) is 0 Å². The first kappa shape index (κ1) is 17.2. The summed E-state index contributed by atoms with van der Waals surface area (Å²) in [6.45, 7) is 3.85. The number of benzene rings is 2. The number of carbonyl (C=O) groups excluding carboxylic acids is 2. The van der Waals surface area contributed by atoms with E-state index in [4.69, 9.17) is 10.00 Å². The van der Waals surface area contributed by atoms with E-state index in [9.17, 15) is 9.59 Å². The zero-order valence-corrected chi connectivity index (χ0v) is 13.6. The van der Waals surface area contributed by atoms with Gasteiger partial charge in [0.2, 0.25) is 0 Å². The molecule has 2 aromatic carbocycles. The summed E-state index contributed by atoms with van der Waals surface area (Å²) in [4.78, 5) is 24.0. The average Bonchev–Trinajstić information content (AvgIpc) is 2.60. The molecule has 0 unspecified atom stereocenters. The summed E-state index contributed by atoms with van der Waals surface area (Å²) in [5.41, 5.74) is 2.84. The molecule has 0 atom stereocenters. The Bertz CT molecular complexity index is 809. The van der Waals surface area contributed by atoms with Crippen molar-refractivity contribution in [2.24, 2.45) is 0 Å². The third-order valence-corrected chi connectivity index (χ3v) is 3.41. The molecular weight excluding hydrogens is 302 g/mol. The predicted molar refractivity (Wildman–Crippen MR) is 91.3 cm³/mol. The number of ether oxygens (including phenoxy) is 1. The largest absolute Gasteiger partial charge is 0.462 e. The Hall–Kier alpha value is -3.19. The fourth-order valence-electron chi connectivity index (χ4n) is 2.11. The fraction of sp³-hybridized carbons (Fsp3) is 0.150. The van der Waals surface area contributed by atoms with Crippen LogP contribution in [0, 0.1) is 18.3 Å². The fourth-order valence-corrected chi connectivity index (χ4v) is 2.11. The van der Waals surface area contributed by atoms with Crippen molar-refractivity contribution in [1.29, 1.82) is 5.26 Å². The van der Waals surface area contributed by atoms with Gasteiger partial charge in [0.25, 0.3) is 0 Å². The van der Waals surface area contributed by atoms with E-state index in [1.54, 1.807) is 43.3 Å². The summed E-state index contributed by atoms with van der Waals surface area (Å²) in [6, 6.07) is 15.9. The molecule has 4 heteroatoms. The second-order valence-electron chi connectivity index (χ2n) is 5.21. The Morgan fingerprint density at radius 2 is 1.58 bits per heavy atom. The highest BCUT2D eigenvalue weighted by Crippen LogP contribution is 2.14. The van der Waals surface area contributed by atoms with Crippen LogP contribution in [0.2, 0.25) is 0 Å². The molecule has 2 aromatic rings. The quantitative estimate of drug-likeness (QED) is 0.365. The maximum Gasteiger partial charge on any atom is 0.348 e. The summed E-state index contributed by atoms with van der Waals surface area (Å²) in [5.74, 6) is -0.726. The van der Waals surface area contributed by atoms with Gasteiger partial charge in [0.15, 0.2) is 5.78 Å². The molecule has 0 fully saturated rings. The van der Waals surface area contributed by atoms with Gasteiger partial charge in [-0.2, -0.15) is 5.26 Å². The van der Waals surface area contributed by atoms with Crippen LogP contribution in [0.1, 0.15) is 34.0 Å². The van der Waals surface area contributed by atoms with Crippen LogP contribution in [0.3, 0.4) is 0 Å². The van der Waals surface area contributed by atoms with Gasteiger partial charge in [0.05, 0.1) is 6.61 Å². The molecule has 0 aromatic heterocycles. The maximum absolute atomic E-state index is 12.4. The van der Waals surface area contributed by atoms with E-state index in [0.29, 0.717) is 16.7 Å². The minimum Gasteiger partial charge on any atom is -0.462 e. The number of aryl methyl sites for hydroxylation is 1. The Morgan fingerprint density at radius 3 is 2.08 bits per heavy atom. The lowest BCUT2D eigenvalue weighted by Gasteiger charge is -2.03. The van der Waals surface area contributed by atoms with Crippen molar-refractivity contribution in [3.8, 4) is 6.07 Å². The molecule has 0 amide bonds. The topological polar surface area (TPSA) is 67.2 Å². The van der Waals surface area contributed by atoms with E-state index in [-0.39, 0.29) is 18.0 Å². The van der Waals surface area contributed by atoms with E-state index in [2.05, 4.69) is 0 Å². The van der Waals surface area contributed by atoms with Crippen molar-refractivity contribution in [2.45, 2.75) is 13.8 Å². The van der Waals surface area contributed by atoms with Crippen molar-refractivity contribution in [2.75, 3.05) is 6.61 Å². The summed E-state index contributed by atoms with van der Waals surface area (Å²) in [7, 11) is 0. The zero-order valence-electron chi connectivity index (χ0n) is 13.6. The van der Waals surface area contributed by atoms with Gasteiger partial charge < -0.3 is 4.74 Å². The van der Waals surface area contributed by atoms with Crippen molar-refractivity contribution in [3.63, 3.8) is 0 Å². The van der Waals surface area contributed by atoms with Gasteiger partial charge >= 0.3 is 5.97 Å². The van der Waals surface area contributed by atoms with E-state index in [1.807, 2.05) is 25.1 Å². The number of rotatable bonds is 5. The molecule has 24 heavy (non-hydrogen) atoms. The summed E-state index contributed by atoms with van der Waals surface area (Å²) in [6.07, 6.45) is 1.44. The van der Waals surface area contributed by atoms with Crippen LogP contribution in [-0.2, 0) is 9.53 Å². The van der Waals surface area contributed by atoms with Gasteiger partial charge in [0.1, 0.15) is 11.6 Å². The predicted octanol–water partition coefficient (Wildman–Crippen LogP) is 3.70. The number of esters is 1. The van der Waals surface area contributed by atoms with Gasteiger partial charge in [0, 0.05) is 11.1 Å². The third-order valence-electron chi connectivity index (χ3n) is 3.41. The van der Waals surface area contributed by atoms with Crippen LogP contribution >= 0.6 is 0 Å². The highest BCUT2D eigenvalue weighted by molar-refractivity contribution is 6.09. The van der Waals surface area contributed by atoms with Gasteiger partial charge in [-0.3, -0.25) is 4.79 Å². The van der Waals surface area contributed by atoms with Crippen LogP contribution < -0.4 is 0 Å². The first-order valence-electron chi connectivity index (χ1n) is 7.55. The zero-order chi connectivity index (χ0) is 17.5. The number of ketones is 1. The van der Waals surface area contributed by atoms with E-state index >= 15 is 0 Å². The second-order valence-corrected chi connectivity index (χ2v) is 5.21. The minimum atomic E-state index is -0.653. The molecule has 2 rings (SSSR count). The third kappa shape index (κ3) is 4.17. The SMILES string of the molecule is CCOC(=O)/C(C#N)=C\c1ccc(C(=O)c2ccc(C)cc2)cc1. The molecule has 0 saturated carbocycles. The van der Waals surface area contributed by atoms with Crippen LogP contribution in [0.15, 0.2) is 54.1 Å². The minimum absolute atomic E-state index is 0.0728. The van der Waals surface area contributed by atoms with Gasteiger partial charge in [-0.25, -0.2) is 4.79 Å². The van der Waals surface area contributed by atoms with Crippen LogP contribution in [-0.4, -0.2) is 18.4 Å². The lowest BCUT2D eigenvalue weighted by Crippen LogP contribution is -2.06. The van der Waals surface area contributed by atoms with Gasteiger partial charge in [-0.15, -0.1) is 0 Å². The average molecular weight is 319 g/mol. The number of carbonyl (C=O) groups is 2. The van der Waals surface area contributed by atoms with E-state index in [1.165, 1.54) is 6.08 Å². The molecule has 0 aliphatic heterocycles. The maximum atomic E-state index is 12.4. The summed E-state index contributed by atoms with van der Waals surface area (Å²) in [5, 5.41) is 9.03. The molecule has 0 aliphatic carbocycles. The van der Waals surface area contributed by atoms with Gasteiger partial charge in [-0.1, -0.05) is 54.1 Å². The normalized spacial score (nSPS) is 10.8. The Labute approximate surface area is 141 Å². The highest BCUT2D eigenvalue weighted by atomic mass is 16.5. The number of hydrogen-bond acceptors (Lipinski definition) is 4. The van der Waals surface area contributed by atoms with Crippen molar-refractivity contribution in [3.05, 3.63) is 76.4 Å². The highest BCUT2D eigenvalue weighted by Gasteiger charge is 2.11. The molecule has 0 spiro atoms. The number of nitriles is 1. The molecule has 120 valence electrons. The Balaban J connectivity index is 2.21. The Morgan fingerprint density at radius 1 is 1.04 bits per heavy atom. The van der Waals surface area contributed by atoms with Gasteiger partial charge in [-0.05, 0) is 25.5 Å². The monoisotopic (exact) mass is 319 g/mol. The van der Waals surface area contributed by atoms with Crippen molar-refractivity contribution < 1.29 is 14.3 Å². The number of nitrogens with zero attached hydrogens (tertiary/aromatic N) is 1. The summed E-state index contributed by atoms with van der Waals surface area (Å²) >= 11 is 0. The second kappa shape index (κ2) is 7.89. The van der Waals surface area contributed by atoms with Crippen molar-refractivity contribution >= 4 is 17.8 Å². The molecular formula is C20H17NO3. The molecule has 0 heterocycles. The molecule has 0 saturated heterocycles. The smallest absolute Gasteiger partial charge is 0.348 e. The Kier molecular flexibility index (Phi) is 5.64. The molecule has 0 bridgehead atoms. The lowest BCUT2D eigenvalue weighted by molar-refractivity contribution is -0.137. The molecule has 0 radical (unpaired) electrons. The van der Waals surface area contributed by atoms with Crippen LogP contribution in [0.4, 0.5) is 0 Å². The van der Waals surface area contributed by atoms with Crippen LogP contribution in [0.25, 0.3) is 6.08 Å². The first-order valence-corrected chi connectivity index (χ1v) is 7.55.